The lowest BCUT2D eigenvalue weighted by Crippen LogP contribution is -2.24. The third-order valence-electron chi connectivity index (χ3n) is 4.08. The Morgan fingerprint density at radius 2 is 2.16 bits per heavy atom. The van der Waals surface area contributed by atoms with Crippen LogP contribution in [0.1, 0.15) is 24.8 Å². The number of nitrogens with zero attached hydrogens (tertiary/aromatic N) is 1. The minimum absolute atomic E-state index is 0.172. The second kappa shape index (κ2) is 5.47. The number of aliphatic hydroxyl groups excluding tert-OH is 1. The van der Waals surface area contributed by atoms with Gasteiger partial charge in [0.1, 0.15) is 5.82 Å². The summed E-state index contributed by atoms with van der Waals surface area (Å²) >= 11 is 0. The molecule has 0 amide bonds. The molecule has 2 N–H and O–H groups in total. The lowest BCUT2D eigenvalue weighted by Gasteiger charge is -2.22. The molecule has 1 heterocycles. The van der Waals surface area contributed by atoms with Crippen LogP contribution in [0.4, 0.5) is 10.1 Å². The molecule has 1 aliphatic carbocycles. The minimum Gasteiger partial charge on any atom is -0.396 e. The summed E-state index contributed by atoms with van der Waals surface area (Å²) in [6, 6.07) is 5.66. The summed E-state index contributed by atoms with van der Waals surface area (Å²) < 4.78 is 13.4. The second-order valence-corrected chi connectivity index (χ2v) is 5.71. The molecule has 1 atom stereocenters. The lowest BCUT2D eigenvalue weighted by molar-refractivity contribution is 0.238. The van der Waals surface area contributed by atoms with Gasteiger partial charge in [0.25, 0.3) is 0 Å². The first-order valence-electron chi connectivity index (χ1n) is 7.14. The van der Waals surface area contributed by atoms with Gasteiger partial charge in [0, 0.05) is 43.9 Å². The van der Waals surface area contributed by atoms with E-state index in [0.29, 0.717) is 12.0 Å². The Bertz CT molecular complexity index is 448. The molecule has 1 aromatic rings. The Labute approximate surface area is 113 Å². The van der Waals surface area contributed by atoms with Gasteiger partial charge in [0.2, 0.25) is 0 Å². The SMILES string of the molecule is OCC1CCN(c2ccc(F)cc2CNC2CC2)C1. The van der Waals surface area contributed by atoms with Gasteiger partial charge in [-0.2, -0.15) is 0 Å². The van der Waals surface area contributed by atoms with Gasteiger partial charge < -0.3 is 15.3 Å². The molecule has 1 unspecified atom stereocenters. The number of hydrogen-bond acceptors (Lipinski definition) is 3. The maximum Gasteiger partial charge on any atom is 0.123 e. The number of rotatable bonds is 5. The maximum absolute atomic E-state index is 13.4. The molecule has 3 rings (SSSR count). The highest BCUT2D eigenvalue weighted by Gasteiger charge is 2.25. The Kier molecular flexibility index (Phi) is 3.71. The zero-order valence-electron chi connectivity index (χ0n) is 11.1. The van der Waals surface area contributed by atoms with E-state index >= 15 is 0 Å². The van der Waals surface area contributed by atoms with Crippen molar-refractivity contribution < 1.29 is 9.50 Å². The van der Waals surface area contributed by atoms with E-state index in [9.17, 15) is 9.50 Å². The summed E-state index contributed by atoms with van der Waals surface area (Å²) in [7, 11) is 0. The Morgan fingerprint density at radius 1 is 1.32 bits per heavy atom. The fourth-order valence-corrected chi connectivity index (χ4v) is 2.75. The zero-order chi connectivity index (χ0) is 13.2. The number of nitrogens with one attached hydrogen (secondary N) is 1. The largest absolute Gasteiger partial charge is 0.396 e. The summed E-state index contributed by atoms with van der Waals surface area (Å²) in [5.41, 5.74) is 2.15. The number of aliphatic hydroxyl groups is 1. The molecule has 2 fully saturated rings. The van der Waals surface area contributed by atoms with Crippen molar-refractivity contribution >= 4 is 5.69 Å². The molecule has 3 nitrogen and oxygen atoms in total. The molecule has 0 bridgehead atoms. The van der Waals surface area contributed by atoms with Crippen molar-refractivity contribution in [3.63, 3.8) is 0 Å². The van der Waals surface area contributed by atoms with Crippen molar-refractivity contribution in [2.45, 2.75) is 31.8 Å². The summed E-state index contributed by atoms with van der Waals surface area (Å²) in [6.45, 7) is 2.80. The molecule has 0 aromatic heterocycles. The van der Waals surface area contributed by atoms with Crippen LogP contribution < -0.4 is 10.2 Å². The average molecular weight is 264 g/mol. The van der Waals surface area contributed by atoms with Gasteiger partial charge in [-0.15, -0.1) is 0 Å². The van der Waals surface area contributed by atoms with E-state index < -0.39 is 0 Å². The number of hydrogen-bond donors (Lipinski definition) is 2. The molecule has 1 aliphatic heterocycles. The number of benzene rings is 1. The van der Waals surface area contributed by atoms with Crippen molar-refractivity contribution in [3.05, 3.63) is 29.6 Å². The van der Waals surface area contributed by atoms with Crippen LogP contribution in [0.15, 0.2) is 18.2 Å². The van der Waals surface area contributed by atoms with Crippen molar-refractivity contribution in [1.29, 1.82) is 0 Å². The van der Waals surface area contributed by atoms with E-state index in [-0.39, 0.29) is 12.4 Å². The standard InChI is InChI=1S/C15H21FN2O/c16-13-1-4-15(18-6-5-11(9-18)10-19)12(7-13)8-17-14-2-3-14/h1,4,7,11,14,17,19H,2-3,5-6,8-10H2. The van der Waals surface area contributed by atoms with Crippen LogP contribution in [0.3, 0.4) is 0 Å². The average Bonchev–Trinajstić information content (AvgIpc) is 3.13. The van der Waals surface area contributed by atoms with Crippen LogP contribution in [-0.2, 0) is 6.54 Å². The number of halogens is 1. The third kappa shape index (κ3) is 3.07. The van der Waals surface area contributed by atoms with Crippen molar-refractivity contribution in [2.75, 3.05) is 24.6 Å². The zero-order valence-corrected chi connectivity index (χ0v) is 11.1. The van der Waals surface area contributed by atoms with Crippen LogP contribution in [0, 0.1) is 11.7 Å². The van der Waals surface area contributed by atoms with E-state index in [2.05, 4.69) is 10.2 Å². The molecule has 104 valence electrons. The van der Waals surface area contributed by atoms with Gasteiger partial charge >= 0.3 is 0 Å². The third-order valence-corrected chi connectivity index (χ3v) is 4.08. The highest BCUT2D eigenvalue weighted by atomic mass is 19.1. The Balaban J connectivity index is 1.74. The summed E-state index contributed by atoms with van der Waals surface area (Å²) in [6.07, 6.45) is 3.49. The molecule has 2 aliphatic rings. The van der Waals surface area contributed by atoms with Gasteiger partial charge in [-0.05, 0) is 43.0 Å². The molecule has 0 radical (unpaired) electrons. The summed E-state index contributed by atoms with van der Waals surface area (Å²) in [5, 5.41) is 12.7. The van der Waals surface area contributed by atoms with Crippen molar-refractivity contribution in [2.24, 2.45) is 5.92 Å². The molecule has 1 aromatic carbocycles. The van der Waals surface area contributed by atoms with Gasteiger partial charge in [-0.25, -0.2) is 4.39 Å². The fraction of sp³-hybridized carbons (Fsp3) is 0.600. The summed E-state index contributed by atoms with van der Waals surface area (Å²) in [5.74, 6) is 0.184. The first kappa shape index (κ1) is 12.9. The first-order valence-corrected chi connectivity index (χ1v) is 7.14. The Morgan fingerprint density at radius 3 is 2.84 bits per heavy atom. The van der Waals surface area contributed by atoms with Gasteiger partial charge in [0.15, 0.2) is 0 Å². The van der Waals surface area contributed by atoms with Crippen molar-refractivity contribution in [1.82, 2.24) is 5.32 Å². The van der Waals surface area contributed by atoms with Crippen LogP contribution >= 0.6 is 0 Å². The first-order chi connectivity index (χ1) is 9.26. The quantitative estimate of drug-likeness (QED) is 0.852. The topological polar surface area (TPSA) is 35.5 Å². The normalized spacial score (nSPS) is 23.1. The Hall–Kier alpha value is -1.13. The molecular formula is C15H21FN2O. The van der Waals surface area contributed by atoms with Gasteiger partial charge in [-0.1, -0.05) is 0 Å². The summed E-state index contributed by atoms with van der Waals surface area (Å²) in [4.78, 5) is 2.27. The van der Waals surface area contributed by atoms with E-state index in [1.54, 1.807) is 6.07 Å². The predicted molar refractivity (Wildman–Crippen MR) is 73.7 cm³/mol. The van der Waals surface area contributed by atoms with Crippen LogP contribution in [0.5, 0.6) is 0 Å². The monoisotopic (exact) mass is 264 g/mol. The predicted octanol–water partition coefficient (Wildman–Crippen LogP) is 1.90. The number of anilines is 1. The lowest BCUT2D eigenvalue weighted by atomic mass is 10.1. The van der Waals surface area contributed by atoms with Crippen LogP contribution in [0.2, 0.25) is 0 Å². The highest BCUT2D eigenvalue weighted by Crippen LogP contribution is 2.28. The van der Waals surface area contributed by atoms with Crippen LogP contribution in [-0.4, -0.2) is 30.8 Å². The van der Waals surface area contributed by atoms with E-state index in [4.69, 9.17) is 0 Å². The van der Waals surface area contributed by atoms with Gasteiger partial charge in [0.05, 0.1) is 0 Å². The van der Waals surface area contributed by atoms with Gasteiger partial charge in [-0.3, -0.25) is 0 Å². The smallest absolute Gasteiger partial charge is 0.123 e. The van der Waals surface area contributed by atoms with E-state index in [1.807, 2.05) is 6.07 Å². The molecule has 19 heavy (non-hydrogen) atoms. The second-order valence-electron chi connectivity index (χ2n) is 5.71. The molecular weight excluding hydrogens is 243 g/mol. The molecule has 1 saturated heterocycles. The molecule has 0 spiro atoms. The fourth-order valence-electron chi connectivity index (χ4n) is 2.75. The van der Waals surface area contributed by atoms with Crippen molar-refractivity contribution in [3.8, 4) is 0 Å². The molecule has 4 heteroatoms. The highest BCUT2D eigenvalue weighted by molar-refractivity contribution is 5.54. The molecule has 1 saturated carbocycles. The van der Waals surface area contributed by atoms with E-state index in [1.165, 1.54) is 18.9 Å². The maximum atomic E-state index is 13.4. The van der Waals surface area contributed by atoms with Crippen LogP contribution in [0.25, 0.3) is 0 Å². The van der Waals surface area contributed by atoms with E-state index in [0.717, 1.165) is 37.3 Å². The minimum atomic E-state index is -0.172.